The van der Waals surface area contributed by atoms with Crippen LogP contribution in [0.5, 0.6) is 0 Å². The lowest BCUT2D eigenvalue weighted by molar-refractivity contribution is -0.148. The average molecular weight is 246 g/mol. The first-order valence-electron chi connectivity index (χ1n) is 4.93. The lowest BCUT2D eigenvalue weighted by Crippen LogP contribution is -2.41. The number of fused-ring (bicyclic) bond motifs is 1. The van der Waals surface area contributed by atoms with E-state index >= 15 is 0 Å². The predicted molar refractivity (Wildman–Crippen MR) is 50.9 cm³/mol. The summed E-state index contributed by atoms with van der Waals surface area (Å²) in [5.41, 5.74) is 0. The summed E-state index contributed by atoms with van der Waals surface area (Å²) in [5, 5.41) is -0.596. The van der Waals surface area contributed by atoms with Crippen molar-refractivity contribution in [3.8, 4) is 0 Å². The molecule has 0 aromatic rings. The molecule has 3 rings (SSSR count). The minimum absolute atomic E-state index is 0.332. The third-order valence-corrected chi connectivity index (χ3v) is 4.90. The largest absolute Gasteiger partial charge is 0.453 e. The third-order valence-electron chi connectivity index (χ3n) is 3.21. The van der Waals surface area contributed by atoms with Crippen LogP contribution in [0.15, 0.2) is 12.7 Å². The van der Waals surface area contributed by atoms with Crippen LogP contribution in [-0.2, 0) is 28.6 Å². The number of carbonyl (C=O) groups is 1. The van der Waals surface area contributed by atoms with Gasteiger partial charge in [-0.15, -0.1) is 0 Å². The van der Waals surface area contributed by atoms with Crippen LogP contribution in [0.1, 0.15) is 6.42 Å². The van der Waals surface area contributed by atoms with Gasteiger partial charge < -0.3 is 9.47 Å². The van der Waals surface area contributed by atoms with Crippen molar-refractivity contribution in [3.05, 3.63) is 12.7 Å². The van der Waals surface area contributed by atoms with Gasteiger partial charge in [0.1, 0.15) is 17.5 Å². The molecule has 2 bridgehead atoms. The number of rotatable bonds is 2. The van der Waals surface area contributed by atoms with Gasteiger partial charge in [-0.25, -0.2) is 4.79 Å². The van der Waals surface area contributed by atoms with E-state index < -0.39 is 39.6 Å². The van der Waals surface area contributed by atoms with Crippen molar-refractivity contribution in [2.24, 2.45) is 0 Å². The second kappa shape index (κ2) is 3.06. The summed E-state index contributed by atoms with van der Waals surface area (Å²) in [6.45, 7) is 3.28. The van der Waals surface area contributed by atoms with Gasteiger partial charge in [0.25, 0.3) is 10.1 Å². The van der Waals surface area contributed by atoms with E-state index in [0.717, 1.165) is 6.08 Å². The molecule has 0 aromatic heterocycles. The molecule has 3 saturated heterocycles. The van der Waals surface area contributed by atoms with Gasteiger partial charge in [0.15, 0.2) is 6.10 Å². The van der Waals surface area contributed by atoms with E-state index in [4.69, 9.17) is 13.7 Å². The van der Waals surface area contributed by atoms with E-state index in [-0.39, 0.29) is 6.10 Å². The zero-order valence-corrected chi connectivity index (χ0v) is 9.05. The molecule has 16 heavy (non-hydrogen) atoms. The maximum Gasteiger partial charge on any atom is 0.330 e. The zero-order valence-electron chi connectivity index (χ0n) is 8.24. The second-order valence-electron chi connectivity index (χ2n) is 4.07. The Morgan fingerprint density at radius 2 is 2.19 bits per heavy atom. The smallest absolute Gasteiger partial charge is 0.330 e. The van der Waals surface area contributed by atoms with Crippen molar-refractivity contribution < 1.29 is 26.9 Å². The van der Waals surface area contributed by atoms with E-state index in [2.05, 4.69) is 6.58 Å². The monoisotopic (exact) mass is 246 g/mol. The summed E-state index contributed by atoms with van der Waals surface area (Å²) in [6, 6.07) is 0. The zero-order chi connectivity index (χ0) is 11.5. The summed E-state index contributed by atoms with van der Waals surface area (Å²) >= 11 is 0. The summed E-state index contributed by atoms with van der Waals surface area (Å²) in [4.78, 5) is 11.1. The number of hydrogen-bond donors (Lipinski definition) is 0. The van der Waals surface area contributed by atoms with Gasteiger partial charge in [0.05, 0.1) is 6.10 Å². The maximum atomic E-state index is 11.5. The molecule has 0 radical (unpaired) electrons. The molecule has 0 N–H and O–H groups in total. The normalized spacial score (nSPS) is 46.9. The highest BCUT2D eigenvalue weighted by Crippen LogP contribution is 2.47. The summed E-state index contributed by atoms with van der Waals surface area (Å²) < 4.78 is 38.4. The third kappa shape index (κ3) is 1.19. The van der Waals surface area contributed by atoms with Crippen LogP contribution in [0.3, 0.4) is 0 Å². The minimum Gasteiger partial charge on any atom is -0.453 e. The lowest BCUT2D eigenvalue weighted by Gasteiger charge is -2.20. The van der Waals surface area contributed by atoms with E-state index in [0.29, 0.717) is 6.42 Å². The van der Waals surface area contributed by atoms with Crippen molar-refractivity contribution in [2.75, 3.05) is 0 Å². The first kappa shape index (κ1) is 10.2. The standard InChI is InChI=1S/C9H10O6S/c1-2-6(10)14-7-4-3-5-8(13-4)9(7)15-16(5,11)12/h2,4-5,7-9H,1,3H2. The lowest BCUT2D eigenvalue weighted by atomic mass is 9.94. The Kier molecular flexibility index (Phi) is 1.96. The highest BCUT2D eigenvalue weighted by Gasteiger charge is 2.67. The van der Waals surface area contributed by atoms with Gasteiger partial charge in [-0.2, -0.15) is 8.42 Å². The first-order chi connectivity index (χ1) is 7.53. The molecule has 5 atom stereocenters. The van der Waals surface area contributed by atoms with Crippen LogP contribution in [0.4, 0.5) is 0 Å². The molecule has 3 aliphatic rings. The number of ether oxygens (including phenoxy) is 2. The molecular weight excluding hydrogens is 236 g/mol. The van der Waals surface area contributed by atoms with Crippen molar-refractivity contribution in [1.82, 2.24) is 0 Å². The molecule has 0 amide bonds. The van der Waals surface area contributed by atoms with Crippen molar-refractivity contribution in [1.29, 1.82) is 0 Å². The minimum atomic E-state index is -3.55. The molecule has 88 valence electrons. The SMILES string of the molecule is C=CC(=O)OC1C2CC3C(O2)C1OS3(=O)=O. The molecule has 0 saturated carbocycles. The molecule has 0 aliphatic carbocycles. The van der Waals surface area contributed by atoms with E-state index in [9.17, 15) is 13.2 Å². The fourth-order valence-electron chi connectivity index (χ4n) is 2.55. The molecule has 0 spiro atoms. The fourth-order valence-corrected chi connectivity index (χ4v) is 4.19. The Morgan fingerprint density at radius 3 is 2.88 bits per heavy atom. The van der Waals surface area contributed by atoms with Crippen LogP contribution < -0.4 is 0 Å². The molecule has 3 heterocycles. The van der Waals surface area contributed by atoms with Crippen LogP contribution in [0.2, 0.25) is 0 Å². The van der Waals surface area contributed by atoms with Crippen LogP contribution in [-0.4, -0.2) is 44.1 Å². The maximum absolute atomic E-state index is 11.5. The molecule has 3 fully saturated rings. The van der Waals surface area contributed by atoms with Crippen LogP contribution >= 0.6 is 0 Å². The summed E-state index contributed by atoms with van der Waals surface area (Å²) in [5.74, 6) is -0.592. The molecular formula is C9H10O6S. The Bertz CT molecular complexity index is 455. The van der Waals surface area contributed by atoms with E-state index in [1.807, 2.05) is 0 Å². The number of esters is 1. The summed E-state index contributed by atoms with van der Waals surface area (Å²) in [7, 11) is -3.55. The van der Waals surface area contributed by atoms with Gasteiger partial charge in [-0.05, 0) is 6.42 Å². The molecule has 7 heteroatoms. The Morgan fingerprint density at radius 1 is 1.44 bits per heavy atom. The number of carbonyl (C=O) groups excluding carboxylic acids is 1. The van der Waals surface area contributed by atoms with Crippen molar-refractivity contribution in [3.63, 3.8) is 0 Å². The van der Waals surface area contributed by atoms with Gasteiger partial charge in [0.2, 0.25) is 0 Å². The molecule has 0 aromatic carbocycles. The average Bonchev–Trinajstić information content (AvgIpc) is 2.81. The highest BCUT2D eigenvalue weighted by molar-refractivity contribution is 7.87. The van der Waals surface area contributed by atoms with Gasteiger partial charge in [-0.3, -0.25) is 4.18 Å². The quantitative estimate of drug-likeness (QED) is 0.366. The van der Waals surface area contributed by atoms with E-state index in [1.54, 1.807) is 0 Å². The molecule has 5 unspecified atom stereocenters. The van der Waals surface area contributed by atoms with Gasteiger partial charge >= 0.3 is 5.97 Å². The number of hydrogen-bond acceptors (Lipinski definition) is 6. The van der Waals surface area contributed by atoms with Gasteiger partial charge in [0, 0.05) is 6.08 Å². The Labute approximate surface area is 92.3 Å². The van der Waals surface area contributed by atoms with Gasteiger partial charge in [-0.1, -0.05) is 6.58 Å². The predicted octanol–water partition coefficient (Wildman–Crippen LogP) is -0.647. The molecule has 6 nitrogen and oxygen atoms in total. The van der Waals surface area contributed by atoms with Crippen LogP contribution in [0, 0.1) is 0 Å². The summed E-state index contributed by atoms with van der Waals surface area (Å²) in [6.07, 6.45) is -0.814. The van der Waals surface area contributed by atoms with E-state index in [1.165, 1.54) is 0 Å². The Balaban J connectivity index is 1.86. The molecule has 3 aliphatic heterocycles. The first-order valence-corrected chi connectivity index (χ1v) is 6.40. The Hall–Kier alpha value is -0.920. The van der Waals surface area contributed by atoms with Crippen molar-refractivity contribution in [2.45, 2.75) is 36.1 Å². The highest BCUT2D eigenvalue weighted by atomic mass is 32.2. The fraction of sp³-hybridized carbons (Fsp3) is 0.667. The topological polar surface area (TPSA) is 78.9 Å². The second-order valence-corrected chi connectivity index (χ2v) is 5.86. The van der Waals surface area contributed by atoms with Crippen LogP contribution in [0.25, 0.3) is 0 Å². The van der Waals surface area contributed by atoms with Crippen molar-refractivity contribution >= 4 is 16.1 Å².